The maximum absolute atomic E-state index is 4.49. The summed E-state index contributed by atoms with van der Waals surface area (Å²) in [7, 11) is 0. The lowest BCUT2D eigenvalue weighted by Gasteiger charge is -2.26. The molecular weight excluding hydrogens is 268 g/mol. The van der Waals surface area contributed by atoms with Gasteiger partial charge in [0.15, 0.2) is 0 Å². The van der Waals surface area contributed by atoms with E-state index in [9.17, 15) is 0 Å². The first-order valence-electron chi connectivity index (χ1n) is 7.99. The van der Waals surface area contributed by atoms with Gasteiger partial charge in [0.2, 0.25) is 0 Å². The first-order valence-corrected chi connectivity index (χ1v) is 9.15. The summed E-state index contributed by atoms with van der Waals surface area (Å²) in [6, 6.07) is 0.633. The van der Waals surface area contributed by atoms with Crippen LogP contribution in [0.4, 0.5) is 5.69 Å². The summed E-state index contributed by atoms with van der Waals surface area (Å²) < 4.78 is 2.09. The molecule has 1 aromatic rings. The van der Waals surface area contributed by atoms with E-state index in [1.165, 1.54) is 62.4 Å². The van der Waals surface area contributed by atoms with E-state index >= 15 is 0 Å². The lowest BCUT2D eigenvalue weighted by molar-refractivity contribution is 0.218. The van der Waals surface area contributed by atoms with Crippen molar-refractivity contribution >= 4 is 17.4 Å². The summed E-state index contributed by atoms with van der Waals surface area (Å²) in [5, 5.41) is 8.11. The topological polar surface area (TPSA) is 33.1 Å². The number of likely N-dealkylation sites (tertiary alicyclic amines) is 1. The molecule has 0 spiro atoms. The zero-order chi connectivity index (χ0) is 13.6. The molecule has 112 valence electrons. The van der Waals surface area contributed by atoms with Crippen LogP contribution in [0.15, 0.2) is 12.4 Å². The molecule has 0 aliphatic carbocycles. The van der Waals surface area contributed by atoms with E-state index in [0.717, 1.165) is 13.1 Å². The van der Waals surface area contributed by atoms with Gasteiger partial charge in [0, 0.05) is 24.5 Å². The van der Waals surface area contributed by atoms with Crippen molar-refractivity contribution < 1.29 is 0 Å². The average molecular weight is 294 g/mol. The highest BCUT2D eigenvalue weighted by molar-refractivity contribution is 7.99. The summed E-state index contributed by atoms with van der Waals surface area (Å²) in [4.78, 5) is 2.57. The van der Waals surface area contributed by atoms with Crippen molar-refractivity contribution in [2.45, 2.75) is 44.7 Å². The Hall–Kier alpha value is -0.680. The molecule has 3 heterocycles. The third-order valence-corrected chi connectivity index (χ3v) is 5.47. The first kappa shape index (κ1) is 14.3. The highest BCUT2D eigenvalue weighted by Crippen LogP contribution is 2.20. The van der Waals surface area contributed by atoms with Crippen LogP contribution in [0, 0.1) is 0 Å². The van der Waals surface area contributed by atoms with E-state index in [1.807, 2.05) is 6.20 Å². The van der Waals surface area contributed by atoms with Crippen LogP contribution in [-0.4, -0.2) is 51.9 Å². The number of piperidine rings is 1. The maximum Gasteiger partial charge on any atom is 0.0728 e. The van der Waals surface area contributed by atoms with Crippen molar-refractivity contribution in [2.24, 2.45) is 0 Å². The SMILES string of the molecule is c1nn(CCN2CCCCC2)cc1N[C@H]1CCCSC1. The molecule has 2 fully saturated rings. The van der Waals surface area contributed by atoms with Gasteiger partial charge in [0.1, 0.15) is 0 Å². The quantitative estimate of drug-likeness (QED) is 0.905. The molecule has 0 unspecified atom stereocenters. The minimum atomic E-state index is 0.633. The molecule has 4 nitrogen and oxygen atoms in total. The second-order valence-corrected chi connectivity index (χ2v) is 7.10. The summed E-state index contributed by atoms with van der Waals surface area (Å²) in [6.45, 7) is 4.69. The number of anilines is 1. The highest BCUT2D eigenvalue weighted by Gasteiger charge is 2.14. The zero-order valence-electron chi connectivity index (χ0n) is 12.3. The Morgan fingerprint density at radius 2 is 2.10 bits per heavy atom. The van der Waals surface area contributed by atoms with Crippen molar-refractivity contribution in [1.29, 1.82) is 0 Å². The predicted molar refractivity (Wildman–Crippen MR) is 86.5 cm³/mol. The number of nitrogens with zero attached hydrogens (tertiary/aromatic N) is 3. The van der Waals surface area contributed by atoms with Gasteiger partial charge in [-0.25, -0.2) is 0 Å². The smallest absolute Gasteiger partial charge is 0.0728 e. The molecule has 0 aromatic carbocycles. The Morgan fingerprint density at radius 1 is 1.20 bits per heavy atom. The summed E-state index contributed by atoms with van der Waals surface area (Å²) >= 11 is 2.06. The molecule has 0 saturated carbocycles. The summed E-state index contributed by atoms with van der Waals surface area (Å²) in [6.07, 6.45) is 10.9. The second kappa shape index (κ2) is 7.36. The van der Waals surface area contributed by atoms with Crippen LogP contribution in [0.5, 0.6) is 0 Å². The normalized spacial score (nSPS) is 24.7. The average Bonchev–Trinajstić information content (AvgIpc) is 2.95. The van der Waals surface area contributed by atoms with Gasteiger partial charge in [0.25, 0.3) is 0 Å². The molecule has 0 bridgehead atoms. The Balaban J connectivity index is 1.43. The fraction of sp³-hybridized carbons (Fsp3) is 0.800. The van der Waals surface area contributed by atoms with Crippen LogP contribution < -0.4 is 5.32 Å². The molecule has 3 rings (SSSR count). The van der Waals surface area contributed by atoms with Gasteiger partial charge in [-0.3, -0.25) is 4.68 Å². The van der Waals surface area contributed by atoms with Gasteiger partial charge < -0.3 is 10.2 Å². The van der Waals surface area contributed by atoms with Crippen LogP contribution in [0.3, 0.4) is 0 Å². The molecule has 1 aromatic heterocycles. The summed E-state index contributed by atoms with van der Waals surface area (Å²) in [5.41, 5.74) is 1.19. The van der Waals surface area contributed by atoms with Crippen molar-refractivity contribution in [3.8, 4) is 0 Å². The predicted octanol–water partition coefficient (Wildman–Crippen LogP) is 2.68. The number of thioether (sulfide) groups is 1. The number of hydrogen-bond donors (Lipinski definition) is 1. The molecule has 0 radical (unpaired) electrons. The number of hydrogen-bond acceptors (Lipinski definition) is 4. The molecule has 2 aliphatic heterocycles. The largest absolute Gasteiger partial charge is 0.379 e. The molecule has 5 heteroatoms. The molecule has 20 heavy (non-hydrogen) atoms. The first-order chi connectivity index (χ1) is 9.90. The molecular formula is C15H26N4S. The van der Waals surface area contributed by atoms with E-state index in [-0.39, 0.29) is 0 Å². The van der Waals surface area contributed by atoms with E-state index in [2.05, 4.69) is 38.0 Å². The fourth-order valence-corrected chi connectivity index (χ4v) is 4.15. The van der Waals surface area contributed by atoms with Crippen LogP contribution in [0.25, 0.3) is 0 Å². The Morgan fingerprint density at radius 3 is 2.90 bits per heavy atom. The molecule has 2 saturated heterocycles. The Labute approximate surface area is 126 Å². The number of nitrogens with one attached hydrogen (secondary N) is 1. The minimum absolute atomic E-state index is 0.633. The molecule has 0 amide bonds. The van der Waals surface area contributed by atoms with E-state index in [4.69, 9.17) is 0 Å². The lowest BCUT2D eigenvalue weighted by Crippen LogP contribution is -2.32. The molecule has 1 N–H and O–H groups in total. The Bertz CT molecular complexity index is 394. The third-order valence-electron chi connectivity index (χ3n) is 4.26. The van der Waals surface area contributed by atoms with Gasteiger partial charge in [-0.1, -0.05) is 6.42 Å². The van der Waals surface area contributed by atoms with Gasteiger partial charge >= 0.3 is 0 Å². The van der Waals surface area contributed by atoms with Gasteiger partial charge in [-0.15, -0.1) is 0 Å². The van der Waals surface area contributed by atoms with Gasteiger partial charge in [0.05, 0.1) is 18.4 Å². The zero-order valence-corrected chi connectivity index (χ0v) is 13.1. The lowest BCUT2D eigenvalue weighted by atomic mass is 10.1. The van der Waals surface area contributed by atoms with E-state index < -0.39 is 0 Å². The van der Waals surface area contributed by atoms with E-state index in [1.54, 1.807) is 0 Å². The number of aromatic nitrogens is 2. The highest BCUT2D eigenvalue weighted by atomic mass is 32.2. The van der Waals surface area contributed by atoms with Crippen LogP contribution in [0.2, 0.25) is 0 Å². The van der Waals surface area contributed by atoms with Gasteiger partial charge in [-0.2, -0.15) is 16.9 Å². The van der Waals surface area contributed by atoms with Crippen molar-refractivity contribution in [3.63, 3.8) is 0 Å². The van der Waals surface area contributed by atoms with Crippen molar-refractivity contribution in [3.05, 3.63) is 12.4 Å². The molecule has 2 aliphatic rings. The van der Waals surface area contributed by atoms with Crippen LogP contribution in [0.1, 0.15) is 32.1 Å². The monoisotopic (exact) mass is 294 g/mol. The van der Waals surface area contributed by atoms with Crippen molar-refractivity contribution in [2.75, 3.05) is 36.5 Å². The van der Waals surface area contributed by atoms with E-state index in [0.29, 0.717) is 6.04 Å². The summed E-state index contributed by atoms with van der Waals surface area (Å²) in [5.74, 6) is 2.56. The standard InChI is InChI=1S/C15H26N4S/c1-2-6-18(7-3-1)8-9-19-12-15(11-16-19)17-14-5-4-10-20-13-14/h11-12,14,17H,1-10,13H2/t14-/m0/s1. The second-order valence-electron chi connectivity index (χ2n) is 5.95. The third kappa shape index (κ3) is 4.16. The van der Waals surface area contributed by atoms with Crippen LogP contribution >= 0.6 is 11.8 Å². The van der Waals surface area contributed by atoms with Crippen LogP contribution in [-0.2, 0) is 6.54 Å². The fourth-order valence-electron chi connectivity index (χ4n) is 3.08. The number of rotatable bonds is 5. The minimum Gasteiger partial charge on any atom is -0.379 e. The van der Waals surface area contributed by atoms with Crippen molar-refractivity contribution in [1.82, 2.24) is 14.7 Å². The maximum atomic E-state index is 4.49. The van der Waals surface area contributed by atoms with Gasteiger partial charge in [-0.05, 0) is 44.5 Å². The Kier molecular flexibility index (Phi) is 5.25. The molecule has 1 atom stereocenters.